The molecular formula is C22H18Cl2N2O3. The molecule has 29 heavy (non-hydrogen) atoms. The monoisotopic (exact) mass is 428 g/mol. The van der Waals surface area contributed by atoms with E-state index in [0.717, 1.165) is 22.4 Å². The Morgan fingerprint density at radius 2 is 1.86 bits per heavy atom. The molecule has 0 unspecified atom stereocenters. The lowest BCUT2D eigenvalue weighted by atomic mass is 10.1. The number of rotatable bonds is 6. The number of nitrogens with zero attached hydrogens (tertiary/aromatic N) is 2. The maximum atomic E-state index is 11.5. The minimum Gasteiger partial charge on any atom is -0.489 e. The van der Waals surface area contributed by atoms with Gasteiger partial charge in [-0.1, -0.05) is 35.3 Å². The van der Waals surface area contributed by atoms with Gasteiger partial charge in [0.15, 0.2) is 0 Å². The number of hydrogen-bond acceptors (Lipinski definition) is 4. The number of halogens is 2. The molecule has 0 radical (unpaired) electrons. The van der Waals surface area contributed by atoms with E-state index >= 15 is 0 Å². The summed E-state index contributed by atoms with van der Waals surface area (Å²) in [5.41, 5.74) is 3.00. The first-order valence-electron chi connectivity index (χ1n) is 9.13. The van der Waals surface area contributed by atoms with Crippen molar-refractivity contribution < 1.29 is 14.6 Å². The smallest absolute Gasteiger partial charge is 0.336 e. The van der Waals surface area contributed by atoms with Crippen LogP contribution in [0.25, 0.3) is 0 Å². The maximum Gasteiger partial charge on any atom is 0.336 e. The predicted molar refractivity (Wildman–Crippen MR) is 113 cm³/mol. The Morgan fingerprint density at radius 1 is 1.10 bits per heavy atom. The standard InChI is InChI=1S/C22H18Cl2N2O3/c23-16-3-1-14(2-4-16)13-29-20-6-5-17(24)11-15(20)12-26-10-8-18-19(22(27)28)7-9-25-21(18)26/h1-7,9,11H,8,10,12-13H2,(H,27,28). The van der Waals surface area contributed by atoms with E-state index in [-0.39, 0.29) is 0 Å². The minimum absolute atomic E-state index is 0.308. The highest BCUT2D eigenvalue weighted by Crippen LogP contribution is 2.32. The number of ether oxygens (including phenoxy) is 1. The minimum atomic E-state index is -0.930. The van der Waals surface area contributed by atoms with Crippen LogP contribution in [-0.4, -0.2) is 22.6 Å². The molecule has 5 nitrogen and oxygen atoms in total. The van der Waals surface area contributed by atoms with Crippen molar-refractivity contribution in [2.75, 3.05) is 11.4 Å². The zero-order valence-corrected chi connectivity index (χ0v) is 17.0. The van der Waals surface area contributed by atoms with E-state index in [4.69, 9.17) is 27.9 Å². The van der Waals surface area contributed by atoms with E-state index in [1.54, 1.807) is 12.1 Å². The van der Waals surface area contributed by atoms with Gasteiger partial charge in [-0.15, -0.1) is 0 Å². The van der Waals surface area contributed by atoms with Gasteiger partial charge in [0.05, 0.1) is 5.56 Å². The number of aromatic nitrogens is 1. The maximum absolute atomic E-state index is 11.5. The number of hydrogen-bond donors (Lipinski definition) is 1. The Labute approximate surface area is 178 Å². The molecule has 1 aliphatic heterocycles. The molecule has 2 heterocycles. The molecule has 1 aliphatic rings. The van der Waals surface area contributed by atoms with Crippen molar-refractivity contribution in [1.29, 1.82) is 0 Å². The molecule has 0 fully saturated rings. The van der Waals surface area contributed by atoms with Gasteiger partial charge in [0, 0.05) is 40.5 Å². The lowest BCUT2D eigenvalue weighted by molar-refractivity contribution is 0.0696. The lowest BCUT2D eigenvalue weighted by Gasteiger charge is -2.21. The lowest BCUT2D eigenvalue weighted by Crippen LogP contribution is -2.21. The second kappa shape index (κ2) is 8.31. The molecule has 4 rings (SSSR count). The third kappa shape index (κ3) is 4.31. The SMILES string of the molecule is O=C(O)c1ccnc2c1CCN2Cc1cc(Cl)ccc1OCc1ccc(Cl)cc1. The molecule has 7 heteroatoms. The number of fused-ring (bicyclic) bond motifs is 1. The van der Waals surface area contributed by atoms with E-state index in [0.29, 0.717) is 47.5 Å². The van der Waals surface area contributed by atoms with Crippen LogP contribution in [0.3, 0.4) is 0 Å². The summed E-state index contributed by atoms with van der Waals surface area (Å²) in [5.74, 6) is 0.501. The predicted octanol–water partition coefficient (Wildman–Crippen LogP) is 5.23. The summed E-state index contributed by atoms with van der Waals surface area (Å²) in [6.07, 6.45) is 2.18. The summed E-state index contributed by atoms with van der Waals surface area (Å²) >= 11 is 12.2. The summed E-state index contributed by atoms with van der Waals surface area (Å²) in [7, 11) is 0. The first-order valence-corrected chi connectivity index (χ1v) is 9.88. The van der Waals surface area contributed by atoms with Gasteiger partial charge in [-0.2, -0.15) is 0 Å². The number of carbonyl (C=O) groups is 1. The Bertz CT molecular complexity index is 1050. The summed E-state index contributed by atoms with van der Waals surface area (Å²) < 4.78 is 6.04. The fourth-order valence-electron chi connectivity index (χ4n) is 3.47. The topological polar surface area (TPSA) is 62.7 Å². The third-order valence-electron chi connectivity index (χ3n) is 4.89. The highest BCUT2D eigenvalue weighted by atomic mass is 35.5. The van der Waals surface area contributed by atoms with E-state index in [1.165, 1.54) is 6.20 Å². The van der Waals surface area contributed by atoms with E-state index in [2.05, 4.69) is 9.88 Å². The van der Waals surface area contributed by atoms with Gasteiger partial charge in [0.2, 0.25) is 0 Å². The molecule has 0 atom stereocenters. The van der Waals surface area contributed by atoms with Crippen molar-refractivity contribution in [2.24, 2.45) is 0 Å². The molecule has 0 bridgehead atoms. The van der Waals surface area contributed by atoms with Crippen LogP contribution in [0.15, 0.2) is 54.7 Å². The summed E-state index contributed by atoms with van der Waals surface area (Å²) in [4.78, 5) is 17.9. The Kier molecular flexibility index (Phi) is 5.60. The molecule has 0 aliphatic carbocycles. The fraction of sp³-hybridized carbons (Fsp3) is 0.182. The summed E-state index contributed by atoms with van der Waals surface area (Å²) in [5, 5.41) is 10.7. The van der Waals surface area contributed by atoms with E-state index in [1.807, 2.05) is 36.4 Å². The number of benzene rings is 2. The average Bonchev–Trinajstić information content (AvgIpc) is 3.11. The Morgan fingerprint density at radius 3 is 2.62 bits per heavy atom. The van der Waals surface area contributed by atoms with Crippen molar-refractivity contribution in [3.8, 4) is 5.75 Å². The van der Waals surface area contributed by atoms with Crippen LogP contribution in [0.1, 0.15) is 27.0 Å². The van der Waals surface area contributed by atoms with Gasteiger partial charge >= 0.3 is 5.97 Å². The van der Waals surface area contributed by atoms with Crippen molar-refractivity contribution >= 4 is 35.0 Å². The second-order valence-corrected chi connectivity index (χ2v) is 7.68. The molecule has 0 saturated carbocycles. The number of carboxylic acids is 1. The van der Waals surface area contributed by atoms with Crippen LogP contribution < -0.4 is 9.64 Å². The van der Waals surface area contributed by atoms with E-state index in [9.17, 15) is 9.90 Å². The van der Waals surface area contributed by atoms with Crippen LogP contribution in [0.4, 0.5) is 5.82 Å². The molecule has 0 saturated heterocycles. The van der Waals surface area contributed by atoms with Crippen molar-refractivity contribution in [3.05, 3.63) is 87.0 Å². The van der Waals surface area contributed by atoms with Gasteiger partial charge in [-0.25, -0.2) is 9.78 Å². The number of pyridine rings is 1. The summed E-state index contributed by atoms with van der Waals surface area (Å²) in [6, 6.07) is 14.6. The molecule has 2 aromatic carbocycles. The molecule has 3 aromatic rings. The highest BCUT2D eigenvalue weighted by molar-refractivity contribution is 6.30. The number of aromatic carboxylic acids is 1. The van der Waals surface area contributed by atoms with Crippen LogP contribution in [-0.2, 0) is 19.6 Å². The van der Waals surface area contributed by atoms with Crippen LogP contribution in [0.5, 0.6) is 5.75 Å². The van der Waals surface area contributed by atoms with Gasteiger partial charge in [-0.3, -0.25) is 0 Å². The van der Waals surface area contributed by atoms with Gasteiger partial charge in [-0.05, 0) is 48.4 Å². The largest absolute Gasteiger partial charge is 0.489 e. The average molecular weight is 429 g/mol. The number of anilines is 1. The van der Waals surface area contributed by atoms with Crippen molar-refractivity contribution in [2.45, 2.75) is 19.6 Å². The quantitative estimate of drug-likeness (QED) is 0.582. The molecule has 1 aromatic heterocycles. The van der Waals surface area contributed by atoms with Crippen molar-refractivity contribution in [1.82, 2.24) is 4.98 Å². The Balaban J connectivity index is 1.56. The second-order valence-electron chi connectivity index (χ2n) is 6.80. The fourth-order valence-corrected chi connectivity index (χ4v) is 3.79. The zero-order valence-electron chi connectivity index (χ0n) is 15.4. The summed E-state index contributed by atoms with van der Waals surface area (Å²) in [6.45, 7) is 1.62. The molecule has 0 spiro atoms. The van der Waals surface area contributed by atoms with Gasteiger partial charge < -0.3 is 14.7 Å². The van der Waals surface area contributed by atoms with Gasteiger partial charge in [0.1, 0.15) is 18.2 Å². The third-order valence-corrected chi connectivity index (χ3v) is 5.37. The molecule has 0 amide bonds. The number of carboxylic acid groups (broad SMARTS) is 1. The Hall–Kier alpha value is -2.76. The van der Waals surface area contributed by atoms with Crippen LogP contribution >= 0.6 is 23.2 Å². The van der Waals surface area contributed by atoms with Gasteiger partial charge in [0.25, 0.3) is 0 Å². The molecular weight excluding hydrogens is 411 g/mol. The van der Waals surface area contributed by atoms with Crippen molar-refractivity contribution in [3.63, 3.8) is 0 Å². The molecule has 148 valence electrons. The highest BCUT2D eigenvalue weighted by Gasteiger charge is 2.26. The normalized spacial score (nSPS) is 12.7. The van der Waals surface area contributed by atoms with Crippen LogP contribution in [0, 0.1) is 0 Å². The van der Waals surface area contributed by atoms with E-state index < -0.39 is 5.97 Å². The van der Waals surface area contributed by atoms with Crippen LogP contribution in [0.2, 0.25) is 10.0 Å². The molecule has 1 N–H and O–H groups in total. The zero-order chi connectivity index (χ0) is 20.4. The first-order chi connectivity index (χ1) is 14.0. The first kappa shape index (κ1) is 19.6.